The number of nitrogens with zero attached hydrogens (tertiary/aromatic N) is 2. The van der Waals surface area contributed by atoms with Crippen molar-refractivity contribution in [2.24, 2.45) is 9.98 Å². The molecule has 22 heavy (non-hydrogen) atoms. The molecule has 124 valence electrons. The Morgan fingerprint density at radius 1 is 1.36 bits per heavy atom. The van der Waals surface area contributed by atoms with Gasteiger partial charge in [-0.25, -0.2) is 4.79 Å². The van der Waals surface area contributed by atoms with Crippen LogP contribution in [0.3, 0.4) is 0 Å². The number of rotatable bonds is 2. The summed E-state index contributed by atoms with van der Waals surface area (Å²) in [6.07, 6.45) is 6.19. The number of nitrogens with one attached hydrogen (secondary N) is 2. The monoisotopic (exact) mass is 308 g/mol. The lowest BCUT2D eigenvalue weighted by Gasteiger charge is -2.29. The second-order valence-corrected chi connectivity index (χ2v) is 7.20. The Bertz CT molecular complexity index is 446. The van der Waals surface area contributed by atoms with Crippen molar-refractivity contribution in [1.82, 2.24) is 10.6 Å². The van der Waals surface area contributed by atoms with Crippen molar-refractivity contribution in [2.75, 3.05) is 0 Å². The molecule has 1 aliphatic heterocycles. The van der Waals surface area contributed by atoms with Crippen LogP contribution in [0.4, 0.5) is 4.79 Å². The number of hydrogen-bond donors (Lipinski definition) is 2. The number of aliphatic imine (C=N–C) groups is 2. The number of hydrogen-bond acceptors (Lipinski definition) is 4. The van der Waals surface area contributed by atoms with Crippen LogP contribution in [0.2, 0.25) is 0 Å². The summed E-state index contributed by atoms with van der Waals surface area (Å²) in [6.45, 7) is 7.72. The molecule has 0 radical (unpaired) electrons. The Balaban J connectivity index is 1.75. The van der Waals surface area contributed by atoms with Gasteiger partial charge in [0.1, 0.15) is 11.4 Å². The Kier molecular flexibility index (Phi) is 5.42. The van der Waals surface area contributed by atoms with Crippen LogP contribution >= 0.6 is 0 Å². The van der Waals surface area contributed by atoms with E-state index in [1.807, 2.05) is 20.8 Å². The van der Waals surface area contributed by atoms with E-state index in [2.05, 4.69) is 22.5 Å². The molecule has 1 heterocycles. The van der Waals surface area contributed by atoms with Crippen molar-refractivity contribution in [2.45, 2.75) is 83.5 Å². The quantitative estimate of drug-likeness (QED) is 0.823. The van der Waals surface area contributed by atoms with Crippen LogP contribution in [0.5, 0.6) is 0 Å². The molecule has 1 unspecified atom stereocenters. The molecule has 1 atom stereocenters. The first kappa shape index (κ1) is 16.8. The van der Waals surface area contributed by atoms with Gasteiger partial charge in [-0.05, 0) is 53.4 Å². The number of amides is 1. The van der Waals surface area contributed by atoms with Crippen LogP contribution in [-0.2, 0) is 4.74 Å². The molecule has 6 nitrogen and oxygen atoms in total. The van der Waals surface area contributed by atoms with E-state index in [9.17, 15) is 4.79 Å². The topological polar surface area (TPSA) is 75.1 Å². The van der Waals surface area contributed by atoms with Crippen LogP contribution in [-0.4, -0.2) is 42.0 Å². The molecule has 2 rings (SSSR count). The van der Waals surface area contributed by atoms with Gasteiger partial charge < -0.3 is 15.4 Å². The summed E-state index contributed by atoms with van der Waals surface area (Å²) in [4.78, 5) is 20.8. The van der Waals surface area contributed by atoms with Crippen LogP contribution < -0.4 is 10.6 Å². The highest BCUT2D eigenvalue weighted by Gasteiger charge is 2.25. The van der Waals surface area contributed by atoms with Crippen molar-refractivity contribution in [3.63, 3.8) is 0 Å². The summed E-state index contributed by atoms with van der Waals surface area (Å²) in [6, 6.07) is 0.856. The van der Waals surface area contributed by atoms with Gasteiger partial charge in [-0.15, -0.1) is 0 Å². The van der Waals surface area contributed by atoms with Crippen molar-refractivity contribution < 1.29 is 9.53 Å². The molecule has 0 aromatic carbocycles. The molecule has 0 aromatic rings. The van der Waals surface area contributed by atoms with Gasteiger partial charge in [0.25, 0.3) is 0 Å². The van der Waals surface area contributed by atoms with E-state index >= 15 is 0 Å². The Morgan fingerprint density at radius 3 is 2.64 bits per heavy atom. The van der Waals surface area contributed by atoms with Crippen molar-refractivity contribution in [1.29, 1.82) is 0 Å². The fourth-order valence-corrected chi connectivity index (χ4v) is 2.76. The van der Waals surface area contributed by atoms with Crippen molar-refractivity contribution >= 4 is 18.3 Å². The molecular formula is C16H28N4O2. The minimum Gasteiger partial charge on any atom is -0.444 e. The highest BCUT2D eigenvalue weighted by atomic mass is 16.6. The third-order valence-electron chi connectivity index (χ3n) is 3.80. The number of amidine groups is 1. The SMILES string of the molecule is CC1CC(=NC2CCC(NC(=O)OC(C)(C)C)CC2)NC=N1. The van der Waals surface area contributed by atoms with E-state index < -0.39 is 5.60 Å². The molecule has 1 saturated carbocycles. The zero-order valence-electron chi connectivity index (χ0n) is 14.1. The molecule has 1 fully saturated rings. The maximum atomic E-state index is 11.8. The van der Waals surface area contributed by atoms with Gasteiger partial charge in [-0.2, -0.15) is 0 Å². The van der Waals surface area contributed by atoms with Crippen LogP contribution in [0, 0.1) is 0 Å². The van der Waals surface area contributed by atoms with Gasteiger partial charge in [0.2, 0.25) is 0 Å². The summed E-state index contributed by atoms with van der Waals surface area (Å²) < 4.78 is 5.30. The van der Waals surface area contributed by atoms with E-state index in [0.717, 1.165) is 37.9 Å². The van der Waals surface area contributed by atoms with Gasteiger partial charge in [-0.3, -0.25) is 9.98 Å². The Hall–Kier alpha value is -1.59. The smallest absolute Gasteiger partial charge is 0.407 e. The fourth-order valence-electron chi connectivity index (χ4n) is 2.76. The maximum absolute atomic E-state index is 11.8. The normalized spacial score (nSPS) is 30.7. The zero-order chi connectivity index (χ0) is 16.2. The van der Waals surface area contributed by atoms with Crippen LogP contribution in [0.25, 0.3) is 0 Å². The van der Waals surface area contributed by atoms with E-state index in [-0.39, 0.29) is 12.1 Å². The average Bonchev–Trinajstić information content (AvgIpc) is 2.39. The van der Waals surface area contributed by atoms with Crippen molar-refractivity contribution in [3.05, 3.63) is 0 Å². The molecule has 0 bridgehead atoms. The molecule has 1 aliphatic carbocycles. The van der Waals surface area contributed by atoms with Crippen LogP contribution in [0.1, 0.15) is 59.8 Å². The Labute approximate surface area is 132 Å². The summed E-state index contributed by atoms with van der Waals surface area (Å²) in [7, 11) is 0. The van der Waals surface area contributed by atoms with Gasteiger partial charge in [0, 0.05) is 12.5 Å². The van der Waals surface area contributed by atoms with E-state index in [0.29, 0.717) is 12.1 Å². The lowest BCUT2D eigenvalue weighted by molar-refractivity contribution is 0.0491. The minimum atomic E-state index is -0.446. The lowest BCUT2D eigenvalue weighted by Crippen LogP contribution is -2.41. The second-order valence-electron chi connectivity index (χ2n) is 7.20. The van der Waals surface area contributed by atoms with E-state index in [1.165, 1.54) is 0 Å². The molecule has 0 spiro atoms. The summed E-state index contributed by atoms with van der Waals surface area (Å²) in [5, 5.41) is 6.09. The molecule has 1 amide bonds. The molecular weight excluding hydrogens is 280 g/mol. The number of ether oxygens (including phenoxy) is 1. The van der Waals surface area contributed by atoms with E-state index in [4.69, 9.17) is 9.73 Å². The van der Waals surface area contributed by atoms with Gasteiger partial charge in [-0.1, -0.05) is 0 Å². The van der Waals surface area contributed by atoms with Gasteiger partial charge >= 0.3 is 6.09 Å². The third-order valence-corrected chi connectivity index (χ3v) is 3.80. The molecule has 6 heteroatoms. The summed E-state index contributed by atoms with van der Waals surface area (Å²) in [5.74, 6) is 1.03. The maximum Gasteiger partial charge on any atom is 0.407 e. The Morgan fingerprint density at radius 2 is 2.05 bits per heavy atom. The standard InChI is InChI=1S/C16H28N4O2/c1-11-9-14(18-10-17-11)19-12-5-7-13(8-6-12)20-15(21)22-16(2,3)4/h10-13H,5-9H2,1-4H3,(H,20,21)(H,17,18,19). The zero-order valence-corrected chi connectivity index (χ0v) is 14.1. The predicted octanol–water partition coefficient (Wildman–Crippen LogP) is 2.63. The van der Waals surface area contributed by atoms with E-state index in [1.54, 1.807) is 6.34 Å². The van der Waals surface area contributed by atoms with Crippen molar-refractivity contribution in [3.8, 4) is 0 Å². The first-order valence-corrected chi connectivity index (χ1v) is 8.16. The first-order valence-electron chi connectivity index (χ1n) is 8.16. The highest BCUT2D eigenvalue weighted by molar-refractivity contribution is 5.94. The largest absolute Gasteiger partial charge is 0.444 e. The minimum absolute atomic E-state index is 0.200. The second kappa shape index (κ2) is 7.11. The summed E-state index contributed by atoms with van der Waals surface area (Å²) in [5.41, 5.74) is -0.446. The molecule has 2 N–H and O–H groups in total. The first-order chi connectivity index (χ1) is 10.3. The molecule has 2 aliphatic rings. The number of alkyl carbamates (subject to hydrolysis) is 1. The molecule has 0 aromatic heterocycles. The third kappa shape index (κ3) is 5.66. The predicted molar refractivity (Wildman–Crippen MR) is 88.6 cm³/mol. The van der Waals surface area contributed by atoms with Crippen LogP contribution in [0.15, 0.2) is 9.98 Å². The average molecular weight is 308 g/mol. The number of carbonyl (C=O) groups is 1. The molecule has 0 saturated heterocycles. The fraction of sp³-hybridized carbons (Fsp3) is 0.812. The van der Waals surface area contributed by atoms with Gasteiger partial charge in [0.05, 0.1) is 18.4 Å². The number of carbonyl (C=O) groups excluding carboxylic acids is 1. The summed E-state index contributed by atoms with van der Waals surface area (Å²) >= 11 is 0. The highest BCUT2D eigenvalue weighted by Crippen LogP contribution is 2.22. The van der Waals surface area contributed by atoms with Gasteiger partial charge in [0.15, 0.2) is 0 Å². The lowest BCUT2D eigenvalue weighted by atomic mass is 9.91.